The third-order valence-corrected chi connectivity index (χ3v) is 3.66. The summed E-state index contributed by atoms with van der Waals surface area (Å²) in [6, 6.07) is 5.53. The SMILES string of the molecule is COc1ccc(OC)c(N/C=C2/CCC[C@H](C)C2=O)c1. The number of hydrogen-bond donors (Lipinski definition) is 1. The summed E-state index contributed by atoms with van der Waals surface area (Å²) in [6.07, 6.45) is 4.69. The summed E-state index contributed by atoms with van der Waals surface area (Å²) in [5.41, 5.74) is 1.65. The lowest BCUT2D eigenvalue weighted by Gasteiger charge is -2.19. The Morgan fingerprint density at radius 3 is 2.80 bits per heavy atom. The minimum atomic E-state index is 0.129. The molecule has 0 amide bonds. The fourth-order valence-electron chi connectivity index (χ4n) is 2.40. The van der Waals surface area contributed by atoms with Gasteiger partial charge in [0, 0.05) is 23.8 Å². The fraction of sp³-hybridized carbons (Fsp3) is 0.438. The summed E-state index contributed by atoms with van der Waals surface area (Å²) in [7, 11) is 3.24. The predicted octanol–water partition coefficient (Wildman–Crippen LogP) is 3.39. The molecule has 1 aliphatic rings. The van der Waals surface area contributed by atoms with Crippen molar-refractivity contribution in [2.24, 2.45) is 5.92 Å². The number of hydrogen-bond acceptors (Lipinski definition) is 4. The highest BCUT2D eigenvalue weighted by molar-refractivity contribution is 5.97. The van der Waals surface area contributed by atoms with Gasteiger partial charge in [0.2, 0.25) is 0 Å². The Morgan fingerprint density at radius 1 is 1.30 bits per heavy atom. The molecule has 1 N–H and O–H groups in total. The van der Waals surface area contributed by atoms with Crippen molar-refractivity contribution in [1.29, 1.82) is 0 Å². The Kier molecular flexibility index (Phi) is 4.66. The van der Waals surface area contributed by atoms with Crippen molar-refractivity contribution in [3.05, 3.63) is 30.0 Å². The minimum absolute atomic E-state index is 0.129. The number of Topliss-reactive ketones (excluding diaryl/α,β-unsaturated/α-hetero) is 1. The Labute approximate surface area is 119 Å². The maximum atomic E-state index is 12.1. The minimum Gasteiger partial charge on any atom is -0.497 e. The molecule has 4 nitrogen and oxygen atoms in total. The number of ether oxygens (including phenoxy) is 2. The molecule has 4 heteroatoms. The van der Waals surface area contributed by atoms with E-state index in [9.17, 15) is 4.79 Å². The van der Waals surface area contributed by atoms with E-state index >= 15 is 0 Å². The van der Waals surface area contributed by atoms with Gasteiger partial charge in [0.1, 0.15) is 11.5 Å². The van der Waals surface area contributed by atoms with Gasteiger partial charge in [-0.15, -0.1) is 0 Å². The van der Waals surface area contributed by atoms with E-state index in [1.165, 1.54) is 0 Å². The smallest absolute Gasteiger partial charge is 0.163 e. The van der Waals surface area contributed by atoms with Gasteiger partial charge in [0.05, 0.1) is 19.9 Å². The molecule has 0 radical (unpaired) electrons. The van der Waals surface area contributed by atoms with Crippen LogP contribution < -0.4 is 14.8 Å². The van der Waals surface area contributed by atoms with Crippen molar-refractivity contribution in [2.75, 3.05) is 19.5 Å². The average molecular weight is 275 g/mol. The number of ketones is 1. The second-order valence-corrected chi connectivity index (χ2v) is 5.04. The maximum Gasteiger partial charge on any atom is 0.163 e. The largest absolute Gasteiger partial charge is 0.497 e. The van der Waals surface area contributed by atoms with Gasteiger partial charge < -0.3 is 14.8 Å². The number of nitrogens with one attached hydrogen (secondary N) is 1. The van der Waals surface area contributed by atoms with Crippen LogP contribution in [0.25, 0.3) is 0 Å². The molecule has 0 spiro atoms. The Hall–Kier alpha value is -1.97. The van der Waals surface area contributed by atoms with Crippen LogP contribution in [0.4, 0.5) is 5.69 Å². The van der Waals surface area contributed by atoms with Crippen molar-refractivity contribution in [3.8, 4) is 11.5 Å². The van der Waals surface area contributed by atoms with Gasteiger partial charge in [-0.05, 0) is 31.4 Å². The standard InChI is InChI=1S/C16H21NO3/c1-11-5-4-6-12(16(11)18)10-17-14-9-13(19-2)7-8-15(14)20-3/h7-11,17H,4-6H2,1-3H3/b12-10-/t11-/m0/s1. The molecule has 108 valence electrons. The summed E-state index contributed by atoms with van der Waals surface area (Å²) in [5.74, 6) is 1.84. The first-order valence-corrected chi connectivity index (χ1v) is 6.87. The Balaban J connectivity index is 2.19. The fourth-order valence-corrected chi connectivity index (χ4v) is 2.40. The molecule has 1 aromatic carbocycles. The van der Waals surface area contributed by atoms with Crippen LogP contribution in [0.15, 0.2) is 30.0 Å². The molecule has 2 rings (SSSR count). The third-order valence-electron chi connectivity index (χ3n) is 3.66. The summed E-state index contributed by atoms with van der Waals surface area (Å²) in [6.45, 7) is 1.99. The van der Waals surface area contributed by atoms with E-state index in [0.29, 0.717) is 0 Å². The first kappa shape index (κ1) is 14.4. The summed E-state index contributed by atoms with van der Waals surface area (Å²) >= 11 is 0. The van der Waals surface area contributed by atoms with Crippen molar-refractivity contribution < 1.29 is 14.3 Å². The van der Waals surface area contributed by atoms with Gasteiger partial charge in [-0.2, -0.15) is 0 Å². The highest BCUT2D eigenvalue weighted by Crippen LogP contribution is 2.30. The molecule has 1 aliphatic carbocycles. The van der Waals surface area contributed by atoms with Crippen LogP contribution in [0.5, 0.6) is 11.5 Å². The van der Waals surface area contributed by atoms with E-state index in [4.69, 9.17) is 9.47 Å². The highest BCUT2D eigenvalue weighted by atomic mass is 16.5. The number of rotatable bonds is 4. The average Bonchev–Trinajstić information content (AvgIpc) is 2.48. The number of carbonyl (C=O) groups excluding carboxylic acids is 1. The number of anilines is 1. The lowest BCUT2D eigenvalue weighted by molar-refractivity contribution is -0.119. The lowest BCUT2D eigenvalue weighted by atomic mass is 9.86. The highest BCUT2D eigenvalue weighted by Gasteiger charge is 2.22. The molecule has 1 saturated carbocycles. The second-order valence-electron chi connectivity index (χ2n) is 5.04. The Bertz CT molecular complexity index is 522. The third kappa shape index (κ3) is 3.13. The monoisotopic (exact) mass is 275 g/mol. The van der Waals surface area contributed by atoms with Crippen LogP contribution in [0.3, 0.4) is 0 Å². The molecule has 0 bridgehead atoms. The molecule has 0 aliphatic heterocycles. The first-order valence-electron chi connectivity index (χ1n) is 6.87. The van der Waals surface area contributed by atoms with Crippen molar-refractivity contribution >= 4 is 11.5 Å². The molecule has 1 fully saturated rings. The van der Waals surface area contributed by atoms with Gasteiger partial charge in [0.25, 0.3) is 0 Å². The maximum absolute atomic E-state index is 12.1. The van der Waals surface area contributed by atoms with Gasteiger partial charge >= 0.3 is 0 Å². The number of allylic oxidation sites excluding steroid dienone is 1. The van der Waals surface area contributed by atoms with Crippen molar-refractivity contribution in [1.82, 2.24) is 0 Å². The molecule has 1 aromatic rings. The quantitative estimate of drug-likeness (QED) is 0.856. The topological polar surface area (TPSA) is 47.6 Å². The summed E-state index contributed by atoms with van der Waals surface area (Å²) < 4.78 is 10.5. The van der Waals surface area contributed by atoms with Gasteiger partial charge in [0.15, 0.2) is 5.78 Å². The van der Waals surface area contributed by atoms with Gasteiger partial charge in [-0.3, -0.25) is 4.79 Å². The van der Waals surface area contributed by atoms with Crippen LogP contribution in [0.2, 0.25) is 0 Å². The Morgan fingerprint density at radius 2 is 2.10 bits per heavy atom. The zero-order valence-corrected chi connectivity index (χ0v) is 12.2. The van der Waals surface area contributed by atoms with Crippen molar-refractivity contribution in [2.45, 2.75) is 26.2 Å². The van der Waals surface area contributed by atoms with Crippen LogP contribution in [0, 0.1) is 5.92 Å². The molecule has 0 aromatic heterocycles. The van der Waals surface area contributed by atoms with Gasteiger partial charge in [-0.1, -0.05) is 6.92 Å². The van der Waals surface area contributed by atoms with E-state index in [0.717, 1.165) is 42.0 Å². The van der Waals surface area contributed by atoms with Crippen molar-refractivity contribution in [3.63, 3.8) is 0 Å². The molecule has 20 heavy (non-hydrogen) atoms. The summed E-state index contributed by atoms with van der Waals surface area (Å²) in [4.78, 5) is 12.1. The molecule has 0 unspecified atom stereocenters. The molecule has 1 atom stereocenters. The molecule has 0 saturated heterocycles. The molecular weight excluding hydrogens is 254 g/mol. The van der Waals surface area contributed by atoms with E-state index in [1.54, 1.807) is 20.4 Å². The second kappa shape index (κ2) is 6.46. The van der Waals surface area contributed by atoms with E-state index in [2.05, 4.69) is 5.32 Å². The van der Waals surface area contributed by atoms with E-state index < -0.39 is 0 Å². The van der Waals surface area contributed by atoms with E-state index in [1.807, 2.05) is 25.1 Å². The zero-order chi connectivity index (χ0) is 14.5. The molecular formula is C16H21NO3. The number of benzene rings is 1. The van der Waals surface area contributed by atoms with Crippen LogP contribution in [-0.2, 0) is 4.79 Å². The van der Waals surface area contributed by atoms with Crippen LogP contribution in [0.1, 0.15) is 26.2 Å². The number of methoxy groups -OCH3 is 2. The normalized spacial score (nSPS) is 20.9. The van der Waals surface area contributed by atoms with Gasteiger partial charge in [-0.25, -0.2) is 0 Å². The van der Waals surface area contributed by atoms with Crippen LogP contribution >= 0.6 is 0 Å². The lowest BCUT2D eigenvalue weighted by Crippen LogP contribution is -2.19. The van der Waals surface area contributed by atoms with Crippen LogP contribution in [-0.4, -0.2) is 20.0 Å². The van der Waals surface area contributed by atoms with E-state index in [-0.39, 0.29) is 11.7 Å². The zero-order valence-electron chi connectivity index (χ0n) is 12.2. The molecule has 0 heterocycles. The number of carbonyl (C=O) groups is 1. The first-order chi connectivity index (χ1) is 9.65. The predicted molar refractivity (Wildman–Crippen MR) is 79.3 cm³/mol. The summed E-state index contributed by atoms with van der Waals surface area (Å²) in [5, 5.41) is 3.17.